The molecule has 0 fully saturated rings. The number of nitrogens with zero attached hydrogens (tertiary/aromatic N) is 2. The number of hydrogen-bond acceptors (Lipinski definition) is 5. The minimum atomic E-state index is -0.502. The predicted molar refractivity (Wildman–Crippen MR) is 61.7 cm³/mol. The third-order valence-corrected chi connectivity index (χ3v) is 2.99. The molecule has 4 nitrogen and oxygen atoms in total. The van der Waals surface area contributed by atoms with Crippen molar-refractivity contribution >= 4 is 17.2 Å². The molecular weight excluding hydrogens is 227 g/mol. The normalized spacial score (nSPS) is 10.4. The molecule has 0 radical (unpaired) electrons. The van der Waals surface area contributed by atoms with Gasteiger partial charge in [0.1, 0.15) is 5.82 Å². The summed E-state index contributed by atoms with van der Waals surface area (Å²) < 4.78 is 13.4. The Balaban J connectivity index is 2.32. The van der Waals surface area contributed by atoms with Crippen LogP contribution in [0.1, 0.15) is 16.4 Å². The van der Waals surface area contributed by atoms with Crippen molar-refractivity contribution in [3.63, 3.8) is 0 Å². The van der Waals surface area contributed by atoms with Gasteiger partial charge < -0.3 is 5.43 Å². The van der Waals surface area contributed by atoms with Gasteiger partial charge in [0.05, 0.1) is 5.69 Å². The van der Waals surface area contributed by atoms with E-state index >= 15 is 0 Å². The average molecular weight is 238 g/mol. The van der Waals surface area contributed by atoms with Gasteiger partial charge in [-0.1, -0.05) is 6.07 Å². The van der Waals surface area contributed by atoms with Gasteiger partial charge in [-0.3, -0.25) is 0 Å². The van der Waals surface area contributed by atoms with Crippen molar-refractivity contribution < 1.29 is 4.39 Å². The van der Waals surface area contributed by atoms with Gasteiger partial charge in [0.25, 0.3) is 0 Å². The summed E-state index contributed by atoms with van der Waals surface area (Å²) >= 11 is 1.62. The lowest BCUT2D eigenvalue weighted by atomic mass is 10.3. The quantitative estimate of drug-likeness (QED) is 0.633. The number of nitrogen functional groups attached to an aromatic ring is 1. The molecule has 0 spiro atoms. The second-order valence-corrected chi connectivity index (χ2v) is 4.32. The Labute approximate surface area is 96.3 Å². The molecule has 2 rings (SSSR count). The second-order valence-electron chi connectivity index (χ2n) is 3.29. The van der Waals surface area contributed by atoms with Crippen molar-refractivity contribution in [3.05, 3.63) is 39.7 Å². The first-order valence-electron chi connectivity index (χ1n) is 4.72. The van der Waals surface area contributed by atoms with Gasteiger partial charge in [-0.25, -0.2) is 20.2 Å². The number of thiophene rings is 1. The zero-order valence-electron chi connectivity index (χ0n) is 8.70. The Kier molecular flexibility index (Phi) is 3.12. The van der Waals surface area contributed by atoms with E-state index in [4.69, 9.17) is 5.84 Å². The summed E-state index contributed by atoms with van der Waals surface area (Å²) in [7, 11) is 0. The van der Waals surface area contributed by atoms with Crippen molar-refractivity contribution in [2.45, 2.75) is 13.3 Å². The number of rotatable bonds is 3. The summed E-state index contributed by atoms with van der Waals surface area (Å²) in [6.07, 6.45) is 0.591. The maximum Gasteiger partial charge on any atom is 0.187 e. The molecule has 3 N–H and O–H groups in total. The first kappa shape index (κ1) is 11.0. The SMILES string of the molecule is Cc1nc(Cc2cccs2)nc(NN)c1F. The van der Waals surface area contributed by atoms with Gasteiger partial charge in [0.15, 0.2) is 11.6 Å². The maximum absolute atomic E-state index is 13.4. The zero-order valence-corrected chi connectivity index (χ0v) is 9.51. The molecule has 0 unspecified atom stereocenters. The van der Waals surface area contributed by atoms with Crippen LogP contribution < -0.4 is 11.3 Å². The number of anilines is 1. The highest BCUT2D eigenvalue weighted by atomic mass is 32.1. The molecule has 16 heavy (non-hydrogen) atoms. The minimum Gasteiger partial charge on any atom is -0.306 e. The Morgan fingerprint density at radius 3 is 2.94 bits per heavy atom. The van der Waals surface area contributed by atoms with E-state index in [2.05, 4.69) is 15.4 Å². The van der Waals surface area contributed by atoms with Crippen LogP contribution in [0, 0.1) is 12.7 Å². The summed E-state index contributed by atoms with van der Waals surface area (Å²) in [4.78, 5) is 9.23. The molecule has 2 heterocycles. The van der Waals surface area contributed by atoms with Gasteiger partial charge in [-0.15, -0.1) is 11.3 Å². The van der Waals surface area contributed by atoms with E-state index in [-0.39, 0.29) is 5.82 Å². The van der Waals surface area contributed by atoms with E-state index in [9.17, 15) is 4.39 Å². The largest absolute Gasteiger partial charge is 0.306 e. The molecule has 2 aromatic rings. The maximum atomic E-state index is 13.4. The van der Waals surface area contributed by atoms with E-state index in [1.54, 1.807) is 18.3 Å². The molecule has 6 heteroatoms. The lowest BCUT2D eigenvalue weighted by Crippen LogP contribution is -2.14. The highest BCUT2D eigenvalue weighted by molar-refractivity contribution is 7.09. The molecule has 0 aliphatic rings. The van der Waals surface area contributed by atoms with Crippen LogP contribution in [0.4, 0.5) is 10.2 Å². The lowest BCUT2D eigenvalue weighted by molar-refractivity contribution is 0.601. The van der Waals surface area contributed by atoms with E-state index in [1.807, 2.05) is 17.5 Å². The fourth-order valence-corrected chi connectivity index (χ4v) is 2.06. The molecule has 0 atom stereocenters. The van der Waals surface area contributed by atoms with Crippen LogP contribution >= 0.6 is 11.3 Å². The van der Waals surface area contributed by atoms with E-state index in [1.165, 1.54) is 0 Å². The summed E-state index contributed by atoms with van der Waals surface area (Å²) in [5.74, 6) is 5.29. The molecule has 0 aromatic carbocycles. The predicted octanol–water partition coefficient (Wildman–Crippen LogP) is 1.86. The van der Waals surface area contributed by atoms with Gasteiger partial charge >= 0.3 is 0 Å². The Hall–Kier alpha value is -1.53. The summed E-state index contributed by atoms with van der Waals surface area (Å²) in [6.45, 7) is 1.59. The Morgan fingerprint density at radius 2 is 2.31 bits per heavy atom. The molecule has 0 saturated carbocycles. The smallest absolute Gasteiger partial charge is 0.187 e. The Bertz CT molecular complexity index is 484. The fraction of sp³-hybridized carbons (Fsp3) is 0.200. The lowest BCUT2D eigenvalue weighted by Gasteiger charge is -2.06. The molecule has 0 aliphatic heterocycles. The number of halogens is 1. The number of nitrogens with two attached hydrogens (primary N) is 1. The molecule has 0 bridgehead atoms. The van der Waals surface area contributed by atoms with E-state index < -0.39 is 5.82 Å². The van der Waals surface area contributed by atoms with Crippen LogP contribution in [-0.2, 0) is 6.42 Å². The van der Waals surface area contributed by atoms with Gasteiger partial charge in [-0.2, -0.15) is 0 Å². The third-order valence-electron chi connectivity index (χ3n) is 2.11. The van der Waals surface area contributed by atoms with Crippen LogP contribution in [0.25, 0.3) is 0 Å². The number of hydrazine groups is 1. The molecule has 84 valence electrons. The highest BCUT2D eigenvalue weighted by Gasteiger charge is 2.10. The zero-order chi connectivity index (χ0) is 11.5. The monoisotopic (exact) mass is 238 g/mol. The number of aryl methyl sites for hydroxylation is 1. The fourth-order valence-electron chi connectivity index (χ4n) is 1.36. The topological polar surface area (TPSA) is 63.8 Å². The van der Waals surface area contributed by atoms with E-state index in [0.717, 1.165) is 4.88 Å². The third kappa shape index (κ3) is 2.17. The van der Waals surface area contributed by atoms with Crippen LogP contribution in [0.3, 0.4) is 0 Å². The number of nitrogens with one attached hydrogen (secondary N) is 1. The molecule has 0 aliphatic carbocycles. The van der Waals surface area contributed by atoms with Crippen molar-refractivity contribution in [1.29, 1.82) is 0 Å². The average Bonchev–Trinajstić information content (AvgIpc) is 2.76. The second kappa shape index (κ2) is 4.54. The van der Waals surface area contributed by atoms with Crippen LogP contribution in [0.15, 0.2) is 17.5 Å². The first-order valence-corrected chi connectivity index (χ1v) is 5.60. The van der Waals surface area contributed by atoms with Gasteiger partial charge in [0.2, 0.25) is 0 Å². The number of hydrogen-bond donors (Lipinski definition) is 2. The molecule has 2 aromatic heterocycles. The van der Waals surface area contributed by atoms with Crippen LogP contribution in [0.5, 0.6) is 0 Å². The summed E-state index contributed by atoms with van der Waals surface area (Å²) in [5, 5.41) is 1.98. The first-order chi connectivity index (χ1) is 7.70. The molecular formula is C10H11FN4S. The van der Waals surface area contributed by atoms with Crippen molar-refractivity contribution in [2.24, 2.45) is 5.84 Å². The van der Waals surface area contributed by atoms with Crippen LogP contribution in [0.2, 0.25) is 0 Å². The summed E-state index contributed by atoms with van der Waals surface area (Å²) in [5.41, 5.74) is 2.53. The minimum absolute atomic E-state index is 0.0408. The van der Waals surface area contributed by atoms with Crippen LogP contribution in [-0.4, -0.2) is 9.97 Å². The van der Waals surface area contributed by atoms with E-state index in [0.29, 0.717) is 17.9 Å². The van der Waals surface area contributed by atoms with Gasteiger partial charge in [0, 0.05) is 11.3 Å². The number of aromatic nitrogens is 2. The highest BCUT2D eigenvalue weighted by Crippen LogP contribution is 2.16. The standard InChI is InChI=1S/C10H11FN4S/c1-6-9(11)10(15-12)14-8(13-6)5-7-3-2-4-16-7/h2-4H,5,12H2,1H3,(H,13,14,15). The summed E-state index contributed by atoms with van der Waals surface area (Å²) in [6, 6.07) is 3.95. The van der Waals surface area contributed by atoms with Crippen molar-refractivity contribution in [1.82, 2.24) is 9.97 Å². The van der Waals surface area contributed by atoms with Crippen molar-refractivity contribution in [3.8, 4) is 0 Å². The molecule has 0 saturated heterocycles. The van der Waals surface area contributed by atoms with Crippen molar-refractivity contribution in [2.75, 3.05) is 5.43 Å². The Morgan fingerprint density at radius 1 is 1.50 bits per heavy atom. The van der Waals surface area contributed by atoms with Gasteiger partial charge in [-0.05, 0) is 18.4 Å². The molecule has 0 amide bonds.